The maximum absolute atomic E-state index is 13.7. The number of halogens is 1. The zero-order valence-electron chi connectivity index (χ0n) is 29.5. The van der Waals surface area contributed by atoms with Gasteiger partial charge in [-0.25, -0.2) is 0 Å². The Morgan fingerprint density at radius 2 is 1.65 bits per heavy atom. The first-order chi connectivity index (χ1) is 22.9. The largest absolute Gasteiger partial charge is 0.342 e. The fraction of sp³-hybridized carbons (Fsp3) is 0.625. The minimum absolute atomic E-state index is 0.181. The van der Waals surface area contributed by atoms with Gasteiger partial charge in [-0.2, -0.15) is 4.98 Å². The summed E-state index contributed by atoms with van der Waals surface area (Å²) in [5, 5.41) is 4.47. The summed E-state index contributed by atoms with van der Waals surface area (Å²) in [5.74, 6) is 1.75. The van der Waals surface area contributed by atoms with E-state index in [1.165, 1.54) is 49.9 Å². The van der Waals surface area contributed by atoms with Gasteiger partial charge in [-0.1, -0.05) is 50.6 Å². The summed E-state index contributed by atoms with van der Waals surface area (Å²) in [5.41, 5.74) is 5.30. The molecule has 4 fully saturated rings. The molecule has 1 amide bonds. The van der Waals surface area contributed by atoms with Gasteiger partial charge < -0.3 is 15.1 Å². The van der Waals surface area contributed by atoms with E-state index in [1.54, 1.807) is 0 Å². The van der Waals surface area contributed by atoms with E-state index in [0.717, 1.165) is 80.5 Å². The van der Waals surface area contributed by atoms with Crippen LogP contribution in [0.3, 0.4) is 0 Å². The number of aromatic nitrogens is 2. The second kappa shape index (κ2) is 11.7. The van der Waals surface area contributed by atoms with Crippen LogP contribution in [-0.4, -0.2) is 70.6 Å². The van der Waals surface area contributed by atoms with Crippen LogP contribution >= 0.6 is 11.6 Å². The van der Waals surface area contributed by atoms with Gasteiger partial charge in [-0.15, -0.1) is 0 Å². The number of carbonyl (C=O) groups excluding carboxylic acids is 1. The van der Waals surface area contributed by atoms with Crippen molar-refractivity contribution in [2.24, 2.45) is 11.3 Å². The Balaban J connectivity index is 0.955. The van der Waals surface area contributed by atoms with Crippen LogP contribution < -0.4 is 10.9 Å². The van der Waals surface area contributed by atoms with Gasteiger partial charge in [0.15, 0.2) is 0 Å². The van der Waals surface area contributed by atoms with E-state index in [-0.39, 0.29) is 16.9 Å². The average Bonchev–Trinajstić information content (AvgIpc) is 3.28. The van der Waals surface area contributed by atoms with Crippen LogP contribution in [0, 0.1) is 11.3 Å². The van der Waals surface area contributed by atoms with Crippen LogP contribution in [0.1, 0.15) is 114 Å². The number of likely N-dealkylation sites (tertiary alicyclic amines) is 2. The maximum Gasteiger partial charge on any atom is 0.282 e. The smallest absolute Gasteiger partial charge is 0.282 e. The van der Waals surface area contributed by atoms with Gasteiger partial charge in [0.2, 0.25) is 5.91 Å². The Kier molecular flexibility index (Phi) is 7.89. The molecule has 3 saturated heterocycles. The molecule has 7 nitrogen and oxygen atoms in total. The lowest BCUT2D eigenvalue weighted by Crippen LogP contribution is -2.56. The average molecular weight is 670 g/mol. The predicted molar refractivity (Wildman–Crippen MR) is 194 cm³/mol. The van der Waals surface area contributed by atoms with Crippen molar-refractivity contribution in [3.05, 3.63) is 68.2 Å². The Labute approximate surface area is 290 Å². The van der Waals surface area contributed by atoms with E-state index in [1.807, 2.05) is 6.07 Å². The van der Waals surface area contributed by atoms with Crippen molar-refractivity contribution in [3.63, 3.8) is 0 Å². The van der Waals surface area contributed by atoms with E-state index in [9.17, 15) is 9.59 Å². The lowest BCUT2D eigenvalue weighted by atomic mass is 9.60. The maximum atomic E-state index is 13.7. The molecule has 4 aliphatic heterocycles. The highest BCUT2D eigenvalue weighted by molar-refractivity contribution is 6.35. The van der Waals surface area contributed by atoms with Gasteiger partial charge in [0.25, 0.3) is 5.56 Å². The molecule has 5 aliphatic rings. The number of nitrogens with zero attached hydrogens (tertiary/aromatic N) is 4. The van der Waals surface area contributed by atoms with E-state index < -0.39 is 5.41 Å². The van der Waals surface area contributed by atoms with Crippen LogP contribution in [-0.2, 0) is 15.6 Å². The van der Waals surface area contributed by atoms with Crippen molar-refractivity contribution in [1.82, 2.24) is 24.7 Å². The minimum Gasteiger partial charge on any atom is -0.342 e. The SMILES string of the molecule is CC(C)(C)c1ccc(Cl)c2c(=O)nc3n(c12)-c1ccc(C2CCN(C(=O)C4CCN(C5CC6(CCNCC6)C5)CC4)CC2)cc1C3(C)C. The summed E-state index contributed by atoms with van der Waals surface area (Å²) in [6, 6.07) is 11.5. The topological polar surface area (TPSA) is 70.5 Å². The predicted octanol–water partition coefficient (Wildman–Crippen LogP) is 6.93. The number of benzene rings is 2. The summed E-state index contributed by atoms with van der Waals surface area (Å²) >= 11 is 6.66. The molecule has 8 heteroatoms. The number of amides is 1. The number of rotatable bonds is 3. The van der Waals surface area contributed by atoms with Gasteiger partial charge in [-0.3, -0.25) is 14.2 Å². The number of nitrogens with one attached hydrogen (secondary N) is 1. The molecule has 256 valence electrons. The fourth-order valence-electron chi connectivity index (χ4n) is 9.96. The first-order valence-corrected chi connectivity index (χ1v) is 18.9. The van der Waals surface area contributed by atoms with E-state index in [2.05, 4.69) is 83.6 Å². The fourth-order valence-corrected chi connectivity index (χ4v) is 10.2. The Hall–Kier alpha value is -2.74. The van der Waals surface area contributed by atoms with Gasteiger partial charge >= 0.3 is 0 Å². The zero-order chi connectivity index (χ0) is 33.6. The van der Waals surface area contributed by atoms with Gasteiger partial charge in [0.1, 0.15) is 5.82 Å². The second-order valence-electron chi connectivity index (χ2n) is 17.3. The van der Waals surface area contributed by atoms with E-state index >= 15 is 0 Å². The molecule has 1 aromatic heterocycles. The number of piperidine rings is 3. The zero-order valence-corrected chi connectivity index (χ0v) is 30.3. The summed E-state index contributed by atoms with van der Waals surface area (Å²) in [7, 11) is 0. The number of fused-ring (bicyclic) bond motifs is 5. The third-order valence-electron chi connectivity index (χ3n) is 13.0. The van der Waals surface area contributed by atoms with Crippen LogP contribution in [0.15, 0.2) is 35.1 Å². The highest BCUT2D eigenvalue weighted by atomic mass is 35.5. The first-order valence-electron chi connectivity index (χ1n) is 18.5. The molecular weight excluding hydrogens is 618 g/mol. The highest BCUT2D eigenvalue weighted by Gasteiger charge is 2.47. The molecule has 5 heterocycles. The molecule has 3 aromatic rings. The Morgan fingerprint density at radius 1 is 0.958 bits per heavy atom. The van der Waals surface area contributed by atoms with Gasteiger partial charge in [-0.05, 0) is 137 Å². The molecule has 48 heavy (non-hydrogen) atoms. The molecule has 0 bridgehead atoms. The van der Waals surface area contributed by atoms with Crippen molar-refractivity contribution in [2.45, 2.75) is 109 Å². The quantitative estimate of drug-likeness (QED) is 0.328. The first kappa shape index (κ1) is 32.5. The molecule has 1 aliphatic carbocycles. The monoisotopic (exact) mass is 669 g/mol. The van der Waals surface area contributed by atoms with Crippen LogP contribution in [0.5, 0.6) is 0 Å². The molecule has 8 rings (SSSR count). The van der Waals surface area contributed by atoms with Crippen molar-refractivity contribution in [3.8, 4) is 5.69 Å². The molecule has 1 N–H and O–H groups in total. The molecular formula is C40H52ClN5O2. The number of hydrogen-bond acceptors (Lipinski definition) is 5. The summed E-state index contributed by atoms with van der Waals surface area (Å²) in [6.45, 7) is 17.1. The molecule has 0 radical (unpaired) electrons. The van der Waals surface area contributed by atoms with Crippen molar-refractivity contribution >= 4 is 28.4 Å². The van der Waals surface area contributed by atoms with E-state index in [0.29, 0.717) is 27.6 Å². The lowest BCUT2D eigenvalue weighted by Gasteiger charge is -2.55. The van der Waals surface area contributed by atoms with Crippen molar-refractivity contribution in [2.75, 3.05) is 39.3 Å². The standard InChI is InChI=1S/C40H52ClN5O2/c1-38(2,3)29-7-8-31(41)33-34(29)46-32-9-6-27(22-30(32)39(4,5)37(46)43-35(33)47)25-10-20-45(21-11-25)36(48)26-12-18-44(19-13-26)28-23-40(24-28)14-16-42-17-15-40/h6-9,22,25-26,28,42H,10-21,23-24H2,1-5H3. The number of hydrogen-bond donors (Lipinski definition) is 1. The third-order valence-corrected chi connectivity index (χ3v) is 13.3. The number of carbonyl (C=O) groups is 1. The highest BCUT2D eigenvalue weighted by Crippen LogP contribution is 2.51. The van der Waals surface area contributed by atoms with Crippen LogP contribution in [0.25, 0.3) is 16.6 Å². The summed E-state index contributed by atoms with van der Waals surface area (Å²) in [4.78, 5) is 36.7. The van der Waals surface area contributed by atoms with Crippen molar-refractivity contribution in [1.29, 1.82) is 0 Å². The van der Waals surface area contributed by atoms with Gasteiger partial charge in [0, 0.05) is 25.0 Å². The minimum atomic E-state index is -0.435. The molecule has 2 aromatic carbocycles. The molecule has 1 saturated carbocycles. The van der Waals surface area contributed by atoms with Crippen molar-refractivity contribution < 1.29 is 4.79 Å². The molecule has 0 unspecified atom stereocenters. The Morgan fingerprint density at radius 3 is 2.31 bits per heavy atom. The Bertz CT molecular complexity index is 1810. The molecule has 0 atom stereocenters. The molecule has 1 spiro atoms. The normalized spacial score (nSPS) is 23.3. The van der Waals surface area contributed by atoms with Gasteiger partial charge in [0.05, 0.1) is 27.0 Å². The van der Waals surface area contributed by atoms with E-state index in [4.69, 9.17) is 11.6 Å². The van der Waals surface area contributed by atoms with Crippen LogP contribution in [0.2, 0.25) is 5.02 Å². The summed E-state index contributed by atoms with van der Waals surface area (Å²) in [6.07, 6.45) is 9.41. The van der Waals surface area contributed by atoms with Crippen LogP contribution in [0.4, 0.5) is 0 Å². The summed E-state index contributed by atoms with van der Waals surface area (Å²) < 4.78 is 2.20. The third kappa shape index (κ3) is 5.25. The lowest BCUT2D eigenvalue weighted by molar-refractivity contribution is -0.139. The second-order valence-corrected chi connectivity index (χ2v) is 17.7.